The third kappa shape index (κ3) is 5.99. The molecule has 13 heteroatoms. The Morgan fingerprint density at radius 1 is 1.25 bits per heavy atom. The van der Waals surface area contributed by atoms with Crippen molar-refractivity contribution in [2.45, 2.75) is 6.92 Å². The van der Waals surface area contributed by atoms with Gasteiger partial charge in [-0.05, 0) is 63.5 Å². The van der Waals surface area contributed by atoms with Gasteiger partial charge in [0.05, 0.1) is 22.1 Å². The first-order valence-electron chi connectivity index (χ1n) is 9.53. The van der Waals surface area contributed by atoms with Crippen LogP contribution >= 0.6 is 23.4 Å². The number of anilines is 1. The average Bonchev–Trinajstić information content (AvgIpc) is 3.26. The number of nitrogens with zero attached hydrogens (tertiary/aromatic N) is 3. The van der Waals surface area contributed by atoms with E-state index < -0.39 is 13.3 Å². The Hall–Kier alpha value is -2.63. The van der Waals surface area contributed by atoms with Crippen LogP contribution in [0.1, 0.15) is 12.6 Å². The van der Waals surface area contributed by atoms with Gasteiger partial charge < -0.3 is 9.84 Å². The highest BCUT2D eigenvalue weighted by molar-refractivity contribution is 9.10. The molecule has 0 spiro atoms. The highest BCUT2D eigenvalue weighted by Crippen LogP contribution is 2.40. The zero-order valence-electron chi connectivity index (χ0n) is 17.0. The van der Waals surface area contributed by atoms with Gasteiger partial charge in [0.25, 0.3) is 7.52 Å². The molecule has 0 amide bonds. The van der Waals surface area contributed by atoms with Crippen LogP contribution in [0.5, 0.6) is 0 Å². The van der Waals surface area contributed by atoms with E-state index in [0.29, 0.717) is 11.0 Å². The molecule has 0 fully saturated rings. The second-order valence-corrected chi connectivity index (χ2v) is 9.32. The summed E-state index contributed by atoms with van der Waals surface area (Å²) in [6.45, 7) is 2.60. The summed E-state index contributed by atoms with van der Waals surface area (Å²) in [5, 5.41) is 23.5. The minimum absolute atomic E-state index is 0.0653. The van der Waals surface area contributed by atoms with E-state index in [1.54, 1.807) is 31.2 Å². The predicted octanol–water partition coefficient (Wildman–Crippen LogP) is 3.58. The number of nitrogens with one attached hydrogen (secondary N) is 3. The number of hydrogen-bond donors (Lipinski definition) is 4. The summed E-state index contributed by atoms with van der Waals surface area (Å²) in [6.07, 6.45) is 0. The molecule has 10 nitrogen and oxygen atoms in total. The molecule has 32 heavy (non-hydrogen) atoms. The molecule has 170 valence electrons. The fourth-order valence-electron chi connectivity index (χ4n) is 2.68. The molecule has 3 aromatic rings. The van der Waals surface area contributed by atoms with E-state index in [4.69, 9.17) is 9.15 Å². The van der Waals surface area contributed by atoms with Crippen molar-refractivity contribution in [2.24, 2.45) is 4.99 Å². The number of hydroxylamine groups is 1. The fourth-order valence-corrected chi connectivity index (χ4v) is 4.80. The van der Waals surface area contributed by atoms with Gasteiger partial charge in [0, 0.05) is 13.1 Å². The number of benzene rings is 2. The first-order valence-corrected chi connectivity index (χ1v) is 11.9. The molecule has 0 aliphatic heterocycles. The van der Waals surface area contributed by atoms with Crippen LogP contribution in [-0.4, -0.2) is 41.1 Å². The number of aromatic nitrogens is 2. The minimum atomic E-state index is -3.23. The second-order valence-electron chi connectivity index (χ2n) is 6.27. The van der Waals surface area contributed by atoms with Gasteiger partial charge in [0.15, 0.2) is 11.5 Å². The number of halogens is 2. The molecular formula is C19H21BrFN6O4P. The van der Waals surface area contributed by atoms with Crippen LogP contribution in [-0.2, 0) is 9.09 Å². The Morgan fingerprint density at radius 2 is 2.03 bits per heavy atom. The molecule has 1 atom stereocenters. The normalized spacial score (nSPS) is 13.6. The maximum Gasteiger partial charge on any atom is 0.299 e. The monoisotopic (exact) mass is 526 g/mol. The van der Waals surface area contributed by atoms with Crippen LogP contribution in [0.15, 0.2) is 62.6 Å². The van der Waals surface area contributed by atoms with E-state index in [0.717, 1.165) is 0 Å². The Kier molecular flexibility index (Phi) is 8.48. The van der Waals surface area contributed by atoms with Crippen molar-refractivity contribution >= 4 is 46.1 Å². The molecule has 2 aromatic carbocycles. The van der Waals surface area contributed by atoms with E-state index in [1.807, 2.05) is 11.5 Å². The fraction of sp³-hybridized carbons (Fsp3) is 0.211. The van der Waals surface area contributed by atoms with Gasteiger partial charge >= 0.3 is 0 Å². The highest BCUT2D eigenvalue weighted by atomic mass is 79.9. The van der Waals surface area contributed by atoms with Crippen molar-refractivity contribution in [3.63, 3.8) is 0 Å². The molecule has 0 saturated carbocycles. The molecule has 0 bridgehead atoms. The summed E-state index contributed by atoms with van der Waals surface area (Å²) in [4.78, 5) is 4.19. The van der Waals surface area contributed by atoms with Crippen LogP contribution in [0.2, 0.25) is 0 Å². The van der Waals surface area contributed by atoms with Crippen molar-refractivity contribution in [3.8, 4) is 0 Å². The zero-order valence-corrected chi connectivity index (χ0v) is 19.4. The van der Waals surface area contributed by atoms with Crippen molar-refractivity contribution in [3.05, 3.63) is 64.5 Å². The van der Waals surface area contributed by atoms with Gasteiger partial charge in [-0.25, -0.2) is 19.1 Å². The number of rotatable bonds is 10. The molecule has 0 saturated heterocycles. The van der Waals surface area contributed by atoms with Crippen LogP contribution in [0.4, 0.5) is 15.9 Å². The third-order valence-electron chi connectivity index (χ3n) is 4.11. The summed E-state index contributed by atoms with van der Waals surface area (Å²) in [5.41, 5.74) is 2.39. The molecular weight excluding hydrogens is 506 g/mol. The van der Waals surface area contributed by atoms with E-state index in [9.17, 15) is 14.2 Å². The van der Waals surface area contributed by atoms with E-state index in [-0.39, 0.29) is 41.5 Å². The quantitative estimate of drug-likeness (QED) is 0.103. The van der Waals surface area contributed by atoms with Crippen LogP contribution in [0.3, 0.4) is 0 Å². The molecule has 1 aromatic heterocycles. The van der Waals surface area contributed by atoms with E-state index in [1.165, 1.54) is 18.2 Å². The molecule has 0 aliphatic rings. The predicted molar refractivity (Wildman–Crippen MR) is 121 cm³/mol. The third-order valence-corrected chi connectivity index (χ3v) is 6.95. The number of amidine groups is 1. The first kappa shape index (κ1) is 24.0. The van der Waals surface area contributed by atoms with Crippen LogP contribution in [0.25, 0.3) is 0 Å². The van der Waals surface area contributed by atoms with Gasteiger partial charge in [-0.3, -0.25) is 15.3 Å². The van der Waals surface area contributed by atoms with Gasteiger partial charge in [-0.1, -0.05) is 18.2 Å². The summed E-state index contributed by atoms with van der Waals surface area (Å²) < 4.78 is 37.0. The highest BCUT2D eigenvalue weighted by Gasteiger charge is 2.24. The summed E-state index contributed by atoms with van der Waals surface area (Å²) in [6, 6.07) is 13.0. The lowest BCUT2D eigenvalue weighted by molar-refractivity contribution is 0.234. The molecule has 3 rings (SSSR count). The van der Waals surface area contributed by atoms with Crippen molar-refractivity contribution in [2.75, 3.05) is 25.0 Å². The van der Waals surface area contributed by atoms with Crippen molar-refractivity contribution < 1.29 is 23.3 Å². The maximum atomic E-state index is 13.4. The van der Waals surface area contributed by atoms with Gasteiger partial charge in [0.1, 0.15) is 5.82 Å². The Morgan fingerprint density at radius 3 is 2.72 bits per heavy atom. The zero-order chi connectivity index (χ0) is 23.0. The van der Waals surface area contributed by atoms with Crippen molar-refractivity contribution in [1.82, 2.24) is 20.9 Å². The Balaban J connectivity index is 1.67. The van der Waals surface area contributed by atoms with E-state index in [2.05, 4.69) is 41.6 Å². The SMILES string of the molecule is CCOP(=O)(NCCNc1nonc1C(=Nc1ccc(F)c(Br)c1)NO)c1ccccc1. The van der Waals surface area contributed by atoms with Gasteiger partial charge in [-0.15, -0.1) is 0 Å². The van der Waals surface area contributed by atoms with E-state index >= 15 is 0 Å². The van der Waals surface area contributed by atoms with Crippen LogP contribution in [0, 0.1) is 5.82 Å². The van der Waals surface area contributed by atoms with Gasteiger partial charge in [0.2, 0.25) is 5.82 Å². The Bertz CT molecular complexity index is 1110. The number of hydrogen-bond acceptors (Lipinski definition) is 8. The van der Waals surface area contributed by atoms with Crippen molar-refractivity contribution in [1.29, 1.82) is 0 Å². The summed E-state index contributed by atoms with van der Waals surface area (Å²) in [5.74, 6) is -0.316. The minimum Gasteiger partial charge on any atom is -0.364 e. The smallest absolute Gasteiger partial charge is 0.299 e. The lowest BCUT2D eigenvalue weighted by Crippen LogP contribution is -2.27. The lowest BCUT2D eigenvalue weighted by atomic mass is 10.3. The maximum absolute atomic E-state index is 13.4. The van der Waals surface area contributed by atoms with Crippen LogP contribution < -0.4 is 21.2 Å². The summed E-state index contributed by atoms with van der Waals surface area (Å²) >= 11 is 3.08. The molecule has 1 heterocycles. The molecule has 1 unspecified atom stereocenters. The second kappa shape index (κ2) is 11.3. The van der Waals surface area contributed by atoms with Gasteiger partial charge in [-0.2, -0.15) is 0 Å². The average molecular weight is 527 g/mol. The largest absolute Gasteiger partial charge is 0.364 e. The molecule has 4 N–H and O–H groups in total. The molecule has 0 radical (unpaired) electrons. The molecule has 0 aliphatic carbocycles. The summed E-state index contributed by atoms with van der Waals surface area (Å²) in [7, 11) is -3.23. The number of aliphatic imine (C=N–C) groups is 1. The lowest BCUT2D eigenvalue weighted by Gasteiger charge is -2.19. The standard InChI is InChI=1S/C19H21BrFN6O4P/c1-2-30-32(29,14-6-4-3-5-7-14)23-11-10-22-18-17(26-31-27-18)19(25-28)24-13-8-9-16(21)15(20)12-13/h3-9,12,28H,2,10-11H2,1H3,(H,22,27)(H,23,29)(H,24,25). The first-order chi connectivity index (χ1) is 15.5. The Labute approximate surface area is 191 Å². The topological polar surface area (TPSA) is 134 Å².